The fourth-order valence-electron chi connectivity index (χ4n) is 6.89. The van der Waals surface area contributed by atoms with E-state index in [2.05, 4.69) is 56.5 Å². The first kappa shape index (κ1) is 19.4. The Hall–Kier alpha value is -1.61. The van der Waals surface area contributed by atoms with Gasteiger partial charge in [0.15, 0.2) is 0 Å². The highest BCUT2D eigenvalue weighted by Crippen LogP contribution is 2.65. The van der Waals surface area contributed by atoms with Crippen LogP contribution in [-0.4, -0.2) is 17.0 Å². The zero-order chi connectivity index (χ0) is 20.2. The van der Waals surface area contributed by atoms with Gasteiger partial charge in [-0.2, -0.15) is 0 Å². The van der Waals surface area contributed by atoms with Crippen LogP contribution in [0, 0.1) is 17.3 Å². The number of para-hydroxylation sites is 1. The molecule has 2 nitrogen and oxygen atoms in total. The Morgan fingerprint density at radius 2 is 1.83 bits per heavy atom. The summed E-state index contributed by atoms with van der Waals surface area (Å²) in [6, 6.07) is 14.7. The monoisotopic (exact) mass is 408 g/mol. The van der Waals surface area contributed by atoms with Gasteiger partial charge in [0.25, 0.3) is 0 Å². The molecule has 0 saturated heterocycles. The van der Waals surface area contributed by atoms with E-state index < -0.39 is 0 Å². The molecule has 0 aromatic heterocycles. The number of aryl methyl sites for hydroxylation is 1. The maximum atomic E-state index is 10.3. The summed E-state index contributed by atoms with van der Waals surface area (Å²) in [6.45, 7) is 4.87. The predicted octanol–water partition coefficient (Wildman–Crippen LogP) is 6.81. The van der Waals surface area contributed by atoms with Crippen LogP contribution in [0.4, 0.5) is 0 Å². The average molecular weight is 409 g/mol. The quantitative estimate of drug-likeness (QED) is 0.566. The molecule has 3 unspecified atom stereocenters. The molecule has 0 aliphatic heterocycles. The number of fused-ring (bicyclic) bond motifs is 5. The van der Waals surface area contributed by atoms with E-state index in [9.17, 15) is 5.11 Å². The van der Waals surface area contributed by atoms with E-state index in [1.165, 1.54) is 36.8 Å². The van der Waals surface area contributed by atoms with E-state index in [1.54, 1.807) is 11.8 Å². The Kier molecular flexibility index (Phi) is 4.66. The molecule has 2 fully saturated rings. The van der Waals surface area contributed by atoms with Gasteiger partial charge in [0.2, 0.25) is 0 Å². The van der Waals surface area contributed by atoms with Crippen molar-refractivity contribution in [1.29, 1.82) is 0 Å². The van der Waals surface area contributed by atoms with Crippen LogP contribution >= 0.6 is 11.8 Å². The number of phenolic OH excluding ortho intramolecular Hbond substituents is 1. The van der Waals surface area contributed by atoms with Crippen molar-refractivity contribution in [2.24, 2.45) is 17.3 Å². The highest BCUT2D eigenvalue weighted by atomic mass is 32.2. The molecule has 5 atom stereocenters. The molecule has 154 valence electrons. The Labute approximate surface area is 179 Å². The minimum Gasteiger partial charge on any atom is -0.507 e. The molecule has 2 aromatic carbocycles. The number of phenols is 1. The molecule has 0 radical (unpaired) electrons. The van der Waals surface area contributed by atoms with Gasteiger partial charge in [-0.05, 0) is 105 Å². The zero-order valence-corrected chi connectivity index (χ0v) is 18.6. The van der Waals surface area contributed by atoms with Gasteiger partial charge in [-0.25, -0.2) is 0 Å². The molecule has 1 N–H and O–H groups in total. The van der Waals surface area contributed by atoms with Crippen LogP contribution in [-0.2, 0) is 6.42 Å². The second-order valence-electron chi connectivity index (χ2n) is 9.78. The standard InChI is InChI=1S/C26H32O2S/c1-25-13-11-19-20(10-9-17-15-23(27)24(29-3)16-21(17)19)22(25)12-14-26(25,2)28-18-7-5-4-6-8-18/h4-8,15-16,19-20,22,27H,9-14H2,1-3H3/t19?,20?,22?,25-,26-/m0/s1. The minimum absolute atomic E-state index is 0.0936. The largest absolute Gasteiger partial charge is 0.507 e. The average Bonchev–Trinajstić information content (AvgIpc) is 2.98. The summed E-state index contributed by atoms with van der Waals surface area (Å²) in [5, 5.41) is 10.3. The van der Waals surface area contributed by atoms with Crippen molar-refractivity contribution in [3.05, 3.63) is 53.6 Å². The molecular formula is C26H32O2S. The fraction of sp³-hybridized carbons (Fsp3) is 0.538. The second kappa shape index (κ2) is 6.97. The van der Waals surface area contributed by atoms with Crippen LogP contribution < -0.4 is 4.74 Å². The summed E-state index contributed by atoms with van der Waals surface area (Å²) in [5.74, 6) is 3.56. The molecule has 0 bridgehead atoms. The Morgan fingerprint density at radius 1 is 1.03 bits per heavy atom. The molecule has 3 heteroatoms. The minimum atomic E-state index is -0.0936. The smallest absolute Gasteiger partial charge is 0.129 e. The lowest BCUT2D eigenvalue weighted by Crippen LogP contribution is -2.52. The number of benzene rings is 2. The van der Waals surface area contributed by atoms with Crippen molar-refractivity contribution >= 4 is 11.8 Å². The lowest BCUT2D eigenvalue weighted by atomic mass is 9.53. The Morgan fingerprint density at radius 3 is 2.59 bits per heavy atom. The van der Waals surface area contributed by atoms with Gasteiger partial charge in [0.05, 0.1) is 0 Å². The van der Waals surface area contributed by atoms with E-state index in [4.69, 9.17) is 4.74 Å². The summed E-state index contributed by atoms with van der Waals surface area (Å²) >= 11 is 1.66. The van der Waals surface area contributed by atoms with Crippen molar-refractivity contribution in [1.82, 2.24) is 0 Å². The first-order valence-electron chi connectivity index (χ1n) is 11.1. The summed E-state index contributed by atoms with van der Waals surface area (Å²) in [7, 11) is 0. The molecule has 0 spiro atoms. The summed E-state index contributed by atoms with van der Waals surface area (Å²) < 4.78 is 6.70. The third-order valence-electron chi connectivity index (χ3n) is 8.64. The Bertz CT molecular complexity index is 910. The number of hydrogen-bond donors (Lipinski definition) is 1. The van der Waals surface area contributed by atoms with E-state index in [-0.39, 0.29) is 11.0 Å². The highest BCUT2D eigenvalue weighted by molar-refractivity contribution is 7.98. The molecule has 3 aliphatic carbocycles. The first-order valence-corrected chi connectivity index (χ1v) is 12.3. The third kappa shape index (κ3) is 2.91. The summed E-state index contributed by atoms with van der Waals surface area (Å²) in [5.41, 5.74) is 3.03. The van der Waals surface area contributed by atoms with E-state index in [0.717, 1.165) is 35.3 Å². The van der Waals surface area contributed by atoms with Crippen molar-refractivity contribution in [2.75, 3.05) is 6.26 Å². The summed E-state index contributed by atoms with van der Waals surface area (Å²) in [6.07, 6.45) is 9.27. The number of thioether (sulfide) groups is 1. The van der Waals surface area contributed by atoms with Gasteiger partial charge in [0, 0.05) is 10.3 Å². The number of rotatable bonds is 3. The maximum absolute atomic E-state index is 10.3. The number of hydrogen-bond acceptors (Lipinski definition) is 3. The van der Waals surface area contributed by atoms with Gasteiger partial charge in [-0.15, -0.1) is 11.8 Å². The second-order valence-corrected chi connectivity index (χ2v) is 10.6. The van der Waals surface area contributed by atoms with Crippen molar-refractivity contribution < 1.29 is 9.84 Å². The lowest BCUT2D eigenvalue weighted by molar-refractivity contribution is -0.0733. The molecule has 3 aliphatic rings. The van der Waals surface area contributed by atoms with Crippen molar-refractivity contribution in [3.8, 4) is 11.5 Å². The van der Waals surface area contributed by atoms with E-state index >= 15 is 0 Å². The zero-order valence-electron chi connectivity index (χ0n) is 17.8. The predicted molar refractivity (Wildman–Crippen MR) is 120 cm³/mol. The summed E-state index contributed by atoms with van der Waals surface area (Å²) in [4.78, 5) is 1.03. The van der Waals surface area contributed by atoms with Gasteiger partial charge < -0.3 is 9.84 Å². The van der Waals surface area contributed by atoms with Crippen LogP contribution in [0.2, 0.25) is 0 Å². The fourth-order valence-corrected chi connectivity index (χ4v) is 7.41. The number of ether oxygens (including phenoxy) is 1. The number of aromatic hydroxyl groups is 1. The molecule has 0 heterocycles. The molecule has 29 heavy (non-hydrogen) atoms. The van der Waals surface area contributed by atoms with Crippen LogP contribution in [0.25, 0.3) is 0 Å². The van der Waals surface area contributed by atoms with Gasteiger partial charge >= 0.3 is 0 Å². The van der Waals surface area contributed by atoms with E-state index in [1.807, 2.05) is 6.07 Å². The van der Waals surface area contributed by atoms with Crippen LogP contribution in [0.5, 0.6) is 11.5 Å². The normalized spacial score (nSPS) is 35.5. The van der Waals surface area contributed by atoms with Crippen LogP contribution in [0.1, 0.15) is 63.0 Å². The van der Waals surface area contributed by atoms with Crippen molar-refractivity contribution in [2.45, 2.75) is 68.8 Å². The highest BCUT2D eigenvalue weighted by Gasteiger charge is 2.61. The van der Waals surface area contributed by atoms with Gasteiger partial charge in [-0.3, -0.25) is 0 Å². The molecule has 5 rings (SSSR count). The SMILES string of the molecule is CSc1cc2c(cc1O)CCC1C2CC[C@@]2(C)C1CC[C@]2(C)Oc1ccccc1. The van der Waals surface area contributed by atoms with Gasteiger partial charge in [0.1, 0.15) is 17.1 Å². The molecule has 2 saturated carbocycles. The first-order chi connectivity index (χ1) is 13.9. The third-order valence-corrected chi connectivity index (χ3v) is 9.41. The van der Waals surface area contributed by atoms with Crippen LogP contribution in [0.15, 0.2) is 47.4 Å². The topological polar surface area (TPSA) is 29.5 Å². The molecule has 0 amide bonds. The maximum Gasteiger partial charge on any atom is 0.129 e. The van der Waals surface area contributed by atoms with Gasteiger partial charge in [-0.1, -0.05) is 25.1 Å². The Balaban J connectivity index is 1.46. The van der Waals surface area contributed by atoms with Crippen LogP contribution in [0.3, 0.4) is 0 Å². The molecular weight excluding hydrogens is 376 g/mol. The van der Waals surface area contributed by atoms with Crippen molar-refractivity contribution in [3.63, 3.8) is 0 Å². The van der Waals surface area contributed by atoms with E-state index in [0.29, 0.717) is 11.7 Å². The molecule has 2 aromatic rings. The lowest BCUT2D eigenvalue weighted by Gasteiger charge is -2.53.